The molecule has 0 aliphatic carbocycles. The van der Waals surface area contributed by atoms with E-state index < -0.39 is 12.1 Å². The van der Waals surface area contributed by atoms with Crippen LogP contribution in [0.2, 0.25) is 5.02 Å². The molecule has 2 amide bonds. The van der Waals surface area contributed by atoms with Crippen molar-refractivity contribution in [3.05, 3.63) is 51.8 Å². The molecule has 7 nitrogen and oxygen atoms in total. The lowest BCUT2D eigenvalue weighted by molar-refractivity contribution is -0.129. The summed E-state index contributed by atoms with van der Waals surface area (Å²) in [7, 11) is 1.51. The van der Waals surface area contributed by atoms with Gasteiger partial charge in [-0.1, -0.05) is 18.5 Å². The van der Waals surface area contributed by atoms with E-state index in [0.717, 1.165) is 16.3 Å². The van der Waals surface area contributed by atoms with Crippen LogP contribution < -0.4 is 19.7 Å². The van der Waals surface area contributed by atoms with E-state index in [1.807, 2.05) is 37.4 Å². The van der Waals surface area contributed by atoms with Gasteiger partial charge in [-0.25, -0.2) is 4.98 Å². The number of thiazole rings is 1. The van der Waals surface area contributed by atoms with Crippen LogP contribution in [0.25, 0.3) is 11.3 Å². The van der Waals surface area contributed by atoms with E-state index in [2.05, 4.69) is 10.3 Å². The molecule has 0 saturated heterocycles. The highest BCUT2D eigenvalue weighted by Crippen LogP contribution is 2.39. The molecule has 0 spiro atoms. The van der Waals surface area contributed by atoms with Gasteiger partial charge in [-0.2, -0.15) is 0 Å². The summed E-state index contributed by atoms with van der Waals surface area (Å²) in [6, 6.07) is 9.73. The summed E-state index contributed by atoms with van der Waals surface area (Å²) < 4.78 is 11.3. The van der Waals surface area contributed by atoms with Crippen LogP contribution in [0.1, 0.15) is 25.3 Å². The van der Waals surface area contributed by atoms with Gasteiger partial charge in [0.1, 0.15) is 17.5 Å². The third kappa shape index (κ3) is 4.54. The van der Waals surface area contributed by atoms with Crippen molar-refractivity contribution in [3.8, 4) is 22.8 Å². The van der Waals surface area contributed by atoms with Gasteiger partial charge in [0.05, 0.1) is 29.2 Å². The van der Waals surface area contributed by atoms with Gasteiger partial charge < -0.3 is 14.8 Å². The minimum Gasteiger partial charge on any atom is -0.495 e. The van der Waals surface area contributed by atoms with Gasteiger partial charge in [-0.05, 0) is 56.7 Å². The Bertz CT molecular complexity index is 1210. The first-order valence-electron chi connectivity index (χ1n) is 10.5. The fourth-order valence-electron chi connectivity index (χ4n) is 3.73. The molecule has 0 saturated carbocycles. The molecule has 2 aromatic carbocycles. The van der Waals surface area contributed by atoms with E-state index in [9.17, 15) is 9.59 Å². The number of rotatable bonds is 6. The summed E-state index contributed by atoms with van der Waals surface area (Å²) in [6.07, 6.45) is -0.182. The molecule has 0 radical (unpaired) electrons. The van der Waals surface area contributed by atoms with Crippen LogP contribution in [0, 0.1) is 6.92 Å². The second-order valence-electron chi connectivity index (χ2n) is 7.67. The monoisotopic (exact) mass is 485 g/mol. The summed E-state index contributed by atoms with van der Waals surface area (Å²) in [6.45, 7) is 5.50. The largest absolute Gasteiger partial charge is 0.495 e. The zero-order chi connectivity index (χ0) is 23.7. The van der Waals surface area contributed by atoms with Gasteiger partial charge in [0.2, 0.25) is 5.91 Å². The first-order chi connectivity index (χ1) is 15.8. The Balaban J connectivity index is 1.70. The summed E-state index contributed by atoms with van der Waals surface area (Å²) >= 11 is 7.65. The molecule has 1 N–H and O–H groups in total. The van der Waals surface area contributed by atoms with Crippen LogP contribution in [-0.4, -0.2) is 36.1 Å². The molecule has 1 aliphatic rings. The molecule has 0 fully saturated rings. The predicted octanol–water partition coefficient (Wildman–Crippen LogP) is 5.31. The molecule has 9 heteroatoms. The molecular formula is C24H24ClN3O4S. The van der Waals surface area contributed by atoms with Crippen LogP contribution in [0.15, 0.2) is 41.8 Å². The maximum atomic E-state index is 13.3. The number of benzene rings is 2. The van der Waals surface area contributed by atoms with Crippen molar-refractivity contribution in [2.24, 2.45) is 0 Å². The summed E-state index contributed by atoms with van der Waals surface area (Å²) in [4.78, 5) is 32.6. The zero-order valence-corrected chi connectivity index (χ0v) is 20.3. The molecule has 2 heterocycles. The molecule has 33 heavy (non-hydrogen) atoms. The Morgan fingerprint density at radius 2 is 2.12 bits per heavy atom. The number of hydrogen-bond donors (Lipinski definition) is 1. The second-order valence-corrected chi connectivity index (χ2v) is 9.17. The van der Waals surface area contributed by atoms with Crippen molar-refractivity contribution < 1.29 is 19.1 Å². The van der Waals surface area contributed by atoms with Gasteiger partial charge >= 0.3 is 0 Å². The van der Waals surface area contributed by atoms with E-state index in [4.69, 9.17) is 21.1 Å². The summed E-state index contributed by atoms with van der Waals surface area (Å²) in [5.74, 6) is 0.386. The lowest BCUT2D eigenvalue weighted by atomic mass is 10.0. The maximum absolute atomic E-state index is 13.3. The number of amides is 2. The molecule has 2 atom stereocenters. The van der Waals surface area contributed by atoms with E-state index >= 15 is 0 Å². The average Bonchev–Trinajstić information content (AvgIpc) is 3.24. The molecular weight excluding hydrogens is 462 g/mol. The van der Waals surface area contributed by atoms with Crippen LogP contribution >= 0.6 is 22.9 Å². The lowest BCUT2D eigenvalue weighted by Crippen LogP contribution is -2.53. The number of nitrogens with one attached hydrogen (secondary N) is 1. The van der Waals surface area contributed by atoms with Crippen LogP contribution in [0.5, 0.6) is 11.5 Å². The first kappa shape index (κ1) is 23.1. The Kier molecular flexibility index (Phi) is 6.58. The summed E-state index contributed by atoms with van der Waals surface area (Å²) in [5, 5.41) is 6.21. The average molecular weight is 486 g/mol. The Labute approximate surface area is 201 Å². The zero-order valence-electron chi connectivity index (χ0n) is 18.7. The number of hydrogen-bond acceptors (Lipinski definition) is 6. The van der Waals surface area contributed by atoms with Gasteiger partial charge in [-0.15, -0.1) is 11.3 Å². The number of halogens is 1. The quantitative estimate of drug-likeness (QED) is 0.511. The predicted molar refractivity (Wildman–Crippen MR) is 131 cm³/mol. The third-order valence-corrected chi connectivity index (χ3v) is 6.48. The fourth-order valence-corrected chi connectivity index (χ4v) is 4.52. The highest BCUT2D eigenvalue weighted by atomic mass is 35.5. The summed E-state index contributed by atoms with van der Waals surface area (Å²) in [5.41, 5.74) is 2.62. The highest BCUT2D eigenvalue weighted by molar-refractivity contribution is 7.09. The number of aryl methyl sites for hydroxylation is 1. The van der Waals surface area contributed by atoms with Crippen LogP contribution in [0.4, 0.5) is 11.4 Å². The Morgan fingerprint density at radius 3 is 2.79 bits per heavy atom. The molecule has 1 aliphatic heterocycles. The van der Waals surface area contributed by atoms with E-state index in [0.29, 0.717) is 34.3 Å². The number of nitrogens with zero attached hydrogens (tertiary/aromatic N) is 2. The first-order valence-corrected chi connectivity index (χ1v) is 11.8. The third-order valence-electron chi connectivity index (χ3n) is 5.47. The van der Waals surface area contributed by atoms with E-state index in [-0.39, 0.29) is 11.8 Å². The minimum atomic E-state index is -0.815. The topological polar surface area (TPSA) is 80.8 Å². The molecule has 3 aromatic rings. The smallest absolute Gasteiger partial charge is 0.268 e. The van der Waals surface area contributed by atoms with Crippen molar-refractivity contribution >= 4 is 46.1 Å². The Hall–Kier alpha value is -3.10. The van der Waals surface area contributed by atoms with Crippen molar-refractivity contribution in [1.82, 2.24) is 4.98 Å². The molecule has 2 unspecified atom stereocenters. The molecule has 172 valence electrons. The normalized spacial score (nSPS) is 16.1. The van der Waals surface area contributed by atoms with E-state index in [1.165, 1.54) is 12.0 Å². The minimum absolute atomic E-state index is 0.266. The molecule has 1 aromatic heterocycles. The molecule has 0 bridgehead atoms. The van der Waals surface area contributed by atoms with Crippen molar-refractivity contribution in [3.63, 3.8) is 0 Å². The number of carbonyl (C=O) groups is 2. The number of fused-ring (bicyclic) bond motifs is 1. The van der Waals surface area contributed by atoms with Gasteiger partial charge in [0.25, 0.3) is 5.91 Å². The SMILES string of the molecule is CCC1Oc2ccc(-c3csc(C)n3)cc2N(C(C)C(=O)Nc2cc(Cl)ccc2OC)C1=O. The van der Waals surface area contributed by atoms with Gasteiger partial charge in [-0.3, -0.25) is 14.5 Å². The number of carbonyl (C=O) groups excluding carboxylic acids is 2. The van der Waals surface area contributed by atoms with Crippen molar-refractivity contribution in [1.29, 1.82) is 0 Å². The van der Waals surface area contributed by atoms with Gasteiger partial charge in [0, 0.05) is 16.0 Å². The van der Waals surface area contributed by atoms with Crippen LogP contribution in [-0.2, 0) is 9.59 Å². The Morgan fingerprint density at radius 1 is 1.33 bits per heavy atom. The van der Waals surface area contributed by atoms with Gasteiger partial charge in [0.15, 0.2) is 6.10 Å². The van der Waals surface area contributed by atoms with Crippen molar-refractivity contribution in [2.45, 2.75) is 39.3 Å². The van der Waals surface area contributed by atoms with Crippen LogP contribution in [0.3, 0.4) is 0 Å². The number of ether oxygens (including phenoxy) is 2. The highest BCUT2D eigenvalue weighted by Gasteiger charge is 2.39. The number of methoxy groups -OCH3 is 1. The second kappa shape index (κ2) is 9.41. The standard InChI is InChI=1S/C24H24ClN3O4S/c1-5-20-24(30)28(13(2)23(29)27-17-11-16(25)7-9-21(17)31-4)19-10-15(6-8-22(19)32-20)18-12-33-14(3)26-18/h6-13,20H,5H2,1-4H3,(H,27,29). The number of aromatic nitrogens is 1. The number of anilines is 2. The molecule has 4 rings (SSSR count). The van der Waals surface area contributed by atoms with E-state index in [1.54, 1.807) is 36.5 Å². The fraction of sp³-hybridized carbons (Fsp3) is 0.292. The lowest BCUT2D eigenvalue weighted by Gasteiger charge is -2.37. The van der Waals surface area contributed by atoms with Crippen molar-refractivity contribution in [2.75, 3.05) is 17.3 Å². The maximum Gasteiger partial charge on any atom is 0.268 e.